The molecule has 0 aliphatic heterocycles. The second-order valence-electron chi connectivity index (χ2n) is 4.34. The number of aryl methyl sites for hydroxylation is 1. The molecular formula is C13H14ClNO3S2. The molecular weight excluding hydrogens is 318 g/mol. The van der Waals surface area contributed by atoms with Gasteiger partial charge in [-0.05, 0) is 24.6 Å². The van der Waals surface area contributed by atoms with E-state index in [4.69, 9.17) is 11.6 Å². The van der Waals surface area contributed by atoms with Crippen molar-refractivity contribution >= 4 is 33.0 Å². The summed E-state index contributed by atoms with van der Waals surface area (Å²) in [5, 5.41) is 10.0. The molecule has 1 unspecified atom stereocenters. The highest BCUT2D eigenvalue weighted by atomic mass is 35.5. The summed E-state index contributed by atoms with van der Waals surface area (Å²) in [6, 6.07) is 10.3. The van der Waals surface area contributed by atoms with Crippen molar-refractivity contribution in [3.8, 4) is 0 Å². The molecule has 1 aromatic heterocycles. The zero-order valence-electron chi connectivity index (χ0n) is 10.7. The second kappa shape index (κ2) is 6.24. The molecule has 0 fully saturated rings. The Morgan fingerprint density at radius 2 is 2.10 bits per heavy atom. The summed E-state index contributed by atoms with van der Waals surface area (Å²) in [6.45, 7) is 1.83. The van der Waals surface area contributed by atoms with E-state index in [1.165, 1.54) is 12.1 Å². The molecule has 0 spiro atoms. The molecule has 0 aliphatic rings. The molecule has 1 aromatic carbocycles. The Hall–Kier alpha value is -0.920. The average molecular weight is 332 g/mol. The lowest BCUT2D eigenvalue weighted by atomic mass is 10.1. The Morgan fingerprint density at radius 1 is 1.35 bits per heavy atom. The third-order valence-electron chi connectivity index (χ3n) is 2.71. The van der Waals surface area contributed by atoms with Gasteiger partial charge >= 0.3 is 0 Å². The van der Waals surface area contributed by atoms with E-state index >= 15 is 0 Å². The van der Waals surface area contributed by atoms with E-state index in [9.17, 15) is 13.5 Å². The number of nitrogens with one attached hydrogen (secondary N) is 1. The number of rotatable bonds is 5. The Balaban J connectivity index is 2.05. The summed E-state index contributed by atoms with van der Waals surface area (Å²) in [5.74, 6) is 0. The van der Waals surface area contributed by atoms with Crippen LogP contribution >= 0.6 is 22.9 Å². The fourth-order valence-electron chi connectivity index (χ4n) is 1.70. The summed E-state index contributed by atoms with van der Waals surface area (Å²) in [5.41, 5.74) is 1.69. The van der Waals surface area contributed by atoms with Crippen molar-refractivity contribution in [2.24, 2.45) is 0 Å². The van der Waals surface area contributed by atoms with Gasteiger partial charge in [0.2, 0.25) is 10.0 Å². The van der Waals surface area contributed by atoms with Gasteiger partial charge in [-0.2, -0.15) is 0 Å². The van der Waals surface area contributed by atoms with E-state index in [-0.39, 0.29) is 10.8 Å². The molecule has 0 saturated heterocycles. The Bertz CT molecular complexity index is 697. The molecule has 1 heterocycles. The van der Waals surface area contributed by atoms with Gasteiger partial charge in [-0.1, -0.05) is 41.4 Å². The largest absolute Gasteiger partial charge is 0.387 e. The quantitative estimate of drug-likeness (QED) is 0.885. The summed E-state index contributed by atoms with van der Waals surface area (Å²) in [6.07, 6.45) is -0.889. The predicted molar refractivity (Wildman–Crippen MR) is 80.7 cm³/mol. The second-order valence-corrected chi connectivity index (χ2v) is 8.05. The van der Waals surface area contributed by atoms with Crippen molar-refractivity contribution in [1.29, 1.82) is 0 Å². The van der Waals surface area contributed by atoms with Crippen molar-refractivity contribution in [3.63, 3.8) is 0 Å². The molecule has 1 atom stereocenters. The van der Waals surface area contributed by atoms with E-state index in [0.29, 0.717) is 9.90 Å². The van der Waals surface area contributed by atoms with Crippen molar-refractivity contribution in [3.05, 3.63) is 51.9 Å². The molecule has 0 bridgehead atoms. The fourth-order valence-corrected chi connectivity index (χ4v) is 4.26. The van der Waals surface area contributed by atoms with Gasteiger partial charge in [-0.15, -0.1) is 11.3 Å². The van der Waals surface area contributed by atoms with Crippen LogP contribution in [-0.2, 0) is 10.0 Å². The van der Waals surface area contributed by atoms with Crippen LogP contribution in [0.25, 0.3) is 0 Å². The molecule has 2 N–H and O–H groups in total. The van der Waals surface area contributed by atoms with Crippen LogP contribution < -0.4 is 4.72 Å². The van der Waals surface area contributed by atoms with Crippen molar-refractivity contribution in [1.82, 2.24) is 4.72 Å². The topological polar surface area (TPSA) is 66.4 Å². The summed E-state index contributed by atoms with van der Waals surface area (Å²) < 4.78 is 26.9. The molecule has 20 heavy (non-hydrogen) atoms. The van der Waals surface area contributed by atoms with E-state index in [0.717, 1.165) is 16.9 Å². The maximum atomic E-state index is 12.0. The van der Waals surface area contributed by atoms with E-state index in [1.54, 1.807) is 6.07 Å². The third kappa shape index (κ3) is 3.80. The van der Waals surface area contributed by atoms with Crippen molar-refractivity contribution in [2.75, 3.05) is 6.54 Å². The predicted octanol–water partition coefficient (Wildman–Crippen LogP) is 2.72. The molecule has 2 aromatic rings. The number of hydrogen-bond acceptors (Lipinski definition) is 4. The summed E-state index contributed by atoms with van der Waals surface area (Å²) >= 11 is 6.70. The third-order valence-corrected chi connectivity index (χ3v) is 5.85. The lowest BCUT2D eigenvalue weighted by molar-refractivity contribution is 0.182. The minimum absolute atomic E-state index is 0.0820. The first kappa shape index (κ1) is 15.5. The van der Waals surface area contributed by atoms with Gasteiger partial charge in [0.15, 0.2) is 0 Å². The Kier molecular flexibility index (Phi) is 4.82. The number of aliphatic hydroxyl groups excluding tert-OH is 1. The standard InChI is InChI=1S/C13H14ClNO3S2/c1-9-3-2-4-10(7-9)11(16)8-15-20(17,18)13-6-5-12(14)19-13/h2-7,11,15-16H,8H2,1H3. The molecule has 0 saturated carbocycles. The van der Waals surface area contributed by atoms with Gasteiger partial charge in [0.25, 0.3) is 0 Å². The van der Waals surface area contributed by atoms with Gasteiger partial charge in [-0.3, -0.25) is 0 Å². The van der Waals surface area contributed by atoms with E-state index < -0.39 is 16.1 Å². The monoisotopic (exact) mass is 331 g/mol. The SMILES string of the molecule is Cc1cccc(C(O)CNS(=O)(=O)c2ccc(Cl)s2)c1. The first-order chi connectivity index (χ1) is 9.38. The first-order valence-corrected chi connectivity index (χ1v) is 8.56. The highest BCUT2D eigenvalue weighted by Gasteiger charge is 2.18. The van der Waals surface area contributed by atoms with Crippen LogP contribution in [0.3, 0.4) is 0 Å². The molecule has 0 radical (unpaired) electrons. The van der Waals surface area contributed by atoms with Gasteiger partial charge < -0.3 is 5.11 Å². The van der Waals surface area contributed by atoms with E-state index in [1.807, 2.05) is 25.1 Å². The smallest absolute Gasteiger partial charge is 0.250 e. The van der Waals surface area contributed by atoms with Crippen LogP contribution in [0.4, 0.5) is 0 Å². The molecule has 4 nitrogen and oxygen atoms in total. The van der Waals surface area contributed by atoms with Crippen LogP contribution in [0.2, 0.25) is 4.34 Å². The number of aliphatic hydroxyl groups is 1. The molecule has 0 amide bonds. The highest BCUT2D eigenvalue weighted by molar-refractivity contribution is 7.91. The van der Waals surface area contributed by atoms with E-state index in [2.05, 4.69) is 4.72 Å². The number of benzene rings is 1. The van der Waals surface area contributed by atoms with Crippen LogP contribution in [0.1, 0.15) is 17.2 Å². The Labute approximate surface area is 127 Å². The van der Waals surface area contributed by atoms with Crippen LogP contribution in [0.15, 0.2) is 40.6 Å². The van der Waals surface area contributed by atoms with Gasteiger partial charge in [0.05, 0.1) is 10.4 Å². The van der Waals surface area contributed by atoms with Crippen LogP contribution in [0.5, 0.6) is 0 Å². The lowest BCUT2D eigenvalue weighted by Gasteiger charge is -2.12. The van der Waals surface area contributed by atoms with Crippen LogP contribution in [-0.4, -0.2) is 20.1 Å². The number of sulfonamides is 1. The first-order valence-electron chi connectivity index (χ1n) is 5.88. The maximum Gasteiger partial charge on any atom is 0.250 e. The zero-order chi connectivity index (χ0) is 14.8. The van der Waals surface area contributed by atoms with Crippen LogP contribution in [0, 0.1) is 6.92 Å². The fraction of sp³-hybridized carbons (Fsp3) is 0.231. The van der Waals surface area contributed by atoms with Gasteiger partial charge in [0, 0.05) is 6.54 Å². The van der Waals surface area contributed by atoms with Gasteiger partial charge in [-0.25, -0.2) is 13.1 Å². The summed E-state index contributed by atoms with van der Waals surface area (Å²) in [7, 11) is -3.63. The number of thiophene rings is 1. The zero-order valence-corrected chi connectivity index (χ0v) is 13.1. The minimum Gasteiger partial charge on any atom is -0.387 e. The highest BCUT2D eigenvalue weighted by Crippen LogP contribution is 2.25. The molecule has 2 rings (SSSR count). The lowest BCUT2D eigenvalue weighted by Crippen LogP contribution is -2.28. The maximum absolute atomic E-state index is 12.0. The number of hydrogen-bond donors (Lipinski definition) is 2. The minimum atomic E-state index is -3.63. The average Bonchev–Trinajstić information content (AvgIpc) is 2.83. The molecule has 0 aliphatic carbocycles. The Morgan fingerprint density at radius 3 is 2.70 bits per heavy atom. The van der Waals surface area contributed by atoms with Gasteiger partial charge in [0.1, 0.15) is 4.21 Å². The molecule has 108 valence electrons. The molecule has 7 heteroatoms. The number of halogens is 1. The summed E-state index contributed by atoms with van der Waals surface area (Å²) in [4.78, 5) is 0. The van der Waals surface area contributed by atoms with Crippen molar-refractivity contribution in [2.45, 2.75) is 17.2 Å². The normalized spacial score (nSPS) is 13.3. The van der Waals surface area contributed by atoms with Crippen molar-refractivity contribution < 1.29 is 13.5 Å².